The SMILES string of the molecule is CCOC(=O)C1=C(C)N=c2s/c(=C\c3ccc(-c4ccc(F)cc4)o3)c(=O)n2[C@H]1c1ccc(OCC(=O)OC)c(OCC)c1. The van der Waals surface area contributed by atoms with E-state index in [9.17, 15) is 18.8 Å². The average molecular weight is 621 g/mol. The van der Waals surface area contributed by atoms with E-state index in [4.69, 9.17) is 18.6 Å². The van der Waals surface area contributed by atoms with Crippen molar-refractivity contribution < 1.29 is 37.3 Å². The molecule has 0 spiro atoms. The first-order valence-electron chi connectivity index (χ1n) is 13.8. The Bertz CT molecular complexity index is 1920. The minimum atomic E-state index is -0.896. The fraction of sp³-hybridized carbons (Fsp3) is 0.250. The van der Waals surface area contributed by atoms with Gasteiger partial charge in [0.1, 0.15) is 17.3 Å². The Kier molecular flexibility index (Phi) is 9.09. The third kappa shape index (κ3) is 6.20. The van der Waals surface area contributed by atoms with Gasteiger partial charge in [-0.1, -0.05) is 17.4 Å². The van der Waals surface area contributed by atoms with Crippen LogP contribution in [-0.2, 0) is 19.1 Å². The topological polar surface area (TPSA) is 119 Å². The minimum Gasteiger partial charge on any atom is -0.490 e. The van der Waals surface area contributed by atoms with Gasteiger partial charge in [0.15, 0.2) is 22.9 Å². The molecule has 0 aliphatic carbocycles. The fourth-order valence-corrected chi connectivity index (χ4v) is 5.74. The molecule has 3 heterocycles. The van der Waals surface area contributed by atoms with Gasteiger partial charge in [-0.25, -0.2) is 19.0 Å². The van der Waals surface area contributed by atoms with E-state index < -0.39 is 23.5 Å². The molecule has 1 aliphatic heterocycles. The Labute approximate surface area is 255 Å². The number of carbonyl (C=O) groups excluding carboxylic acids is 2. The van der Waals surface area contributed by atoms with Crippen molar-refractivity contribution >= 4 is 29.4 Å². The number of fused-ring (bicyclic) bond motifs is 1. The van der Waals surface area contributed by atoms with Gasteiger partial charge in [0.05, 0.1) is 42.2 Å². The molecular formula is C32H29FN2O8S. The van der Waals surface area contributed by atoms with Crippen LogP contribution in [0.3, 0.4) is 0 Å². The van der Waals surface area contributed by atoms with Crippen molar-refractivity contribution in [2.75, 3.05) is 26.9 Å². The zero-order valence-corrected chi connectivity index (χ0v) is 25.2. The van der Waals surface area contributed by atoms with Crippen LogP contribution in [0.1, 0.15) is 38.1 Å². The van der Waals surface area contributed by atoms with Crippen LogP contribution in [0.5, 0.6) is 11.5 Å². The maximum Gasteiger partial charge on any atom is 0.343 e. The smallest absolute Gasteiger partial charge is 0.343 e. The second-order valence-corrected chi connectivity index (χ2v) is 10.5. The maximum atomic E-state index is 14.0. The molecule has 0 unspecified atom stereocenters. The van der Waals surface area contributed by atoms with E-state index in [1.807, 2.05) is 0 Å². The second kappa shape index (κ2) is 13.1. The Morgan fingerprint density at radius 3 is 2.52 bits per heavy atom. The van der Waals surface area contributed by atoms with Crippen molar-refractivity contribution in [2.45, 2.75) is 26.8 Å². The Hall–Kier alpha value is -4.97. The maximum absolute atomic E-state index is 14.0. The predicted octanol–water partition coefficient (Wildman–Crippen LogP) is 4.15. The lowest BCUT2D eigenvalue weighted by atomic mass is 9.95. The number of rotatable bonds is 10. The Morgan fingerprint density at radius 1 is 1.05 bits per heavy atom. The van der Waals surface area contributed by atoms with Gasteiger partial charge in [-0.05, 0) is 74.9 Å². The Morgan fingerprint density at radius 2 is 1.82 bits per heavy atom. The van der Waals surface area contributed by atoms with Crippen molar-refractivity contribution in [2.24, 2.45) is 4.99 Å². The first kappa shape index (κ1) is 30.5. The van der Waals surface area contributed by atoms with Gasteiger partial charge in [0.2, 0.25) is 0 Å². The van der Waals surface area contributed by atoms with E-state index in [2.05, 4.69) is 9.73 Å². The van der Waals surface area contributed by atoms with Crippen molar-refractivity contribution in [3.63, 3.8) is 0 Å². The summed E-state index contributed by atoms with van der Waals surface area (Å²) in [6, 6.07) is 13.4. The number of hydrogen-bond acceptors (Lipinski definition) is 10. The summed E-state index contributed by atoms with van der Waals surface area (Å²) in [4.78, 5) is 43.8. The molecule has 2 aromatic heterocycles. The van der Waals surface area contributed by atoms with Crippen LogP contribution in [0.15, 0.2) is 80.1 Å². The number of thiazole rings is 1. The van der Waals surface area contributed by atoms with Crippen LogP contribution in [0, 0.1) is 5.82 Å². The monoisotopic (exact) mass is 620 g/mol. The summed E-state index contributed by atoms with van der Waals surface area (Å²) >= 11 is 1.15. The lowest BCUT2D eigenvalue weighted by molar-refractivity contribution is -0.143. The van der Waals surface area contributed by atoms with Gasteiger partial charge in [-0.2, -0.15) is 0 Å². The highest BCUT2D eigenvalue weighted by atomic mass is 32.1. The van der Waals surface area contributed by atoms with Crippen LogP contribution in [0.2, 0.25) is 0 Å². The second-order valence-electron chi connectivity index (χ2n) is 9.52. The number of halogens is 1. The van der Waals surface area contributed by atoms with Crippen molar-refractivity contribution in [3.05, 3.63) is 103 Å². The van der Waals surface area contributed by atoms with E-state index in [1.54, 1.807) is 69.3 Å². The standard InChI is InChI=1S/C32H29FN2O8S/c1-5-40-25-15-20(9-13-24(25)42-17-27(36)39-4)29-28(31(38)41-6-2)18(3)34-32-35(29)30(37)26(44-32)16-22-12-14-23(43-22)19-7-10-21(33)11-8-19/h7-16,29H,5-6,17H2,1-4H3/b26-16-/t29-/m0/s1. The summed E-state index contributed by atoms with van der Waals surface area (Å²) < 4.78 is 42.5. The number of ether oxygens (including phenoxy) is 4. The number of allylic oxidation sites excluding steroid dienone is 1. The van der Waals surface area contributed by atoms with E-state index in [0.29, 0.717) is 55.8 Å². The van der Waals surface area contributed by atoms with Gasteiger partial charge in [0.25, 0.3) is 5.56 Å². The average Bonchev–Trinajstić information content (AvgIpc) is 3.60. The van der Waals surface area contributed by atoms with Crippen LogP contribution in [0.25, 0.3) is 17.4 Å². The van der Waals surface area contributed by atoms with Gasteiger partial charge in [-0.3, -0.25) is 9.36 Å². The minimum absolute atomic E-state index is 0.131. The zero-order chi connectivity index (χ0) is 31.4. The number of furan rings is 1. The first-order chi connectivity index (χ1) is 21.2. The molecule has 0 bridgehead atoms. The summed E-state index contributed by atoms with van der Waals surface area (Å²) in [5.74, 6) is 0.0171. The molecule has 0 amide bonds. The third-order valence-electron chi connectivity index (χ3n) is 6.70. The molecule has 2 aromatic carbocycles. The number of methoxy groups -OCH3 is 1. The zero-order valence-electron chi connectivity index (χ0n) is 24.4. The summed E-state index contributed by atoms with van der Waals surface area (Å²) in [7, 11) is 1.26. The largest absolute Gasteiger partial charge is 0.490 e. The van der Waals surface area contributed by atoms with Crippen LogP contribution in [0.4, 0.5) is 4.39 Å². The molecule has 1 aliphatic rings. The number of nitrogens with zero attached hydrogens (tertiary/aromatic N) is 2. The lowest BCUT2D eigenvalue weighted by Crippen LogP contribution is -2.40. The van der Waals surface area contributed by atoms with Crippen molar-refractivity contribution in [3.8, 4) is 22.8 Å². The fourth-order valence-electron chi connectivity index (χ4n) is 4.71. The quantitative estimate of drug-likeness (QED) is 0.243. The molecule has 12 heteroatoms. The van der Waals surface area contributed by atoms with Gasteiger partial charge < -0.3 is 23.4 Å². The Balaban J connectivity index is 1.61. The molecule has 0 fully saturated rings. The molecule has 0 saturated heterocycles. The molecule has 0 N–H and O–H groups in total. The molecule has 5 rings (SSSR count). The molecule has 0 saturated carbocycles. The molecular weight excluding hydrogens is 591 g/mol. The van der Waals surface area contributed by atoms with Gasteiger partial charge in [-0.15, -0.1) is 0 Å². The van der Waals surface area contributed by atoms with Crippen molar-refractivity contribution in [1.29, 1.82) is 0 Å². The van der Waals surface area contributed by atoms with Crippen LogP contribution < -0.4 is 24.4 Å². The van der Waals surface area contributed by atoms with Crippen LogP contribution >= 0.6 is 11.3 Å². The van der Waals surface area contributed by atoms with Crippen LogP contribution in [-0.4, -0.2) is 43.4 Å². The molecule has 4 aromatic rings. The van der Waals surface area contributed by atoms with E-state index >= 15 is 0 Å². The van der Waals surface area contributed by atoms with E-state index in [-0.39, 0.29) is 24.6 Å². The van der Waals surface area contributed by atoms with Gasteiger partial charge in [0, 0.05) is 11.6 Å². The normalized spacial score (nSPS) is 14.6. The lowest BCUT2D eigenvalue weighted by Gasteiger charge is -2.25. The number of carbonyl (C=O) groups is 2. The predicted molar refractivity (Wildman–Crippen MR) is 160 cm³/mol. The number of hydrogen-bond donors (Lipinski definition) is 0. The highest BCUT2D eigenvalue weighted by Crippen LogP contribution is 2.36. The molecule has 228 valence electrons. The summed E-state index contributed by atoms with van der Waals surface area (Å²) in [6.45, 7) is 5.28. The molecule has 1 atom stereocenters. The number of benzene rings is 2. The van der Waals surface area contributed by atoms with Crippen molar-refractivity contribution in [1.82, 2.24) is 4.57 Å². The number of aromatic nitrogens is 1. The summed E-state index contributed by atoms with van der Waals surface area (Å²) in [5, 5.41) is 0. The summed E-state index contributed by atoms with van der Waals surface area (Å²) in [6.07, 6.45) is 1.60. The molecule has 44 heavy (non-hydrogen) atoms. The first-order valence-corrected chi connectivity index (χ1v) is 14.6. The van der Waals surface area contributed by atoms with E-state index in [1.165, 1.54) is 23.8 Å². The van der Waals surface area contributed by atoms with E-state index in [0.717, 1.165) is 11.3 Å². The highest BCUT2D eigenvalue weighted by molar-refractivity contribution is 7.07. The highest BCUT2D eigenvalue weighted by Gasteiger charge is 2.34. The van der Waals surface area contributed by atoms with Gasteiger partial charge >= 0.3 is 11.9 Å². The third-order valence-corrected chi connectivity index (χ3v) is 7.69. The number of esters is 2. The molecule has 10 nitrogen and oxygen atoms in total. The molecule has 0 radical (unpaired) electrons. The summed E-state index contributed by atoms with van der Waals surface area (Å²) in [5.41, 5.74) is 1.44.